The average molecular weight is 176 g/mol. The van der Waals surface area contributed by atoms with Gasteiger partial charge in [0.1, 0.15) is 7.11 Å². The quantitative estimate of drug-likeness (QED) is 0.586. The Balaban J connectivity index is 2.95. The molecule has 0 spiro atoms. The highest BCUT2D eigenvalue weighted by Gasteiger charge is 1.95. The molecule has 0 aromatic rings. The number of ether oxygens (including phenoxy) is 3. The zero-order chi connectivity index (χ0) is 9.23. The predicted molar refractivity (Wildman–Crippen MR) is 42.5 cm³/mol. The van der Waals surface area contributed by atoms with Crippen molar-refractivity contribution in [3.05, 3.63) is 7.11 Å². The first-order valence-corrected chi connectivity index (χ1v) is 3.57. The van der Waals surface area contributed by atoms with Crippen LogP contribution in [0.25, 0.3) is 0 Å². The number of nitrogens with one attached hydrogen (secondary N) is 1. The van der Waals surface area contributed by atoms with Crippen molar-refractivity contribution in [3.8, 4) is 0 Å². The lowest BCUT2D eigenvalue weighted by atomic mass is 10.7. The molecule has 12 heavy (non-hydrogen) atoms. The van der Waals surface area contributed by atoms with Crippen LogP contribution in [0, 0.1) is 7.11 Å². The van der Waals surface area contributed by atoms with Crippen molar-refractivity contribution in [3.63, 3.8) is 0 Å². The Kier molecular flexibility index (Phi) is 7.73. The van der Waals surface area contributed by atoms with Crippen LogP contribution in [0.1, 0.15) is 0 Å². The number of methoxy groups -OCH3 is 1. The van der Waals surface area contributed by atoms with Crippen LogP contribution >= 0.6 is 0 Å². The summed E-state index contributed by atoms with van der Waals surface area (Å²) in [6.45, 7) is 1.94. The SMILES string of the molecule is [CH2]OC(=O)NCCOCCOC. The van der Waals surface area contributed by atoms with Crippen LogP contribution in [-0.2, 0) is 14.2 Å². The highest BCUT2D eigenvalue weighted by molar-refractivity contribution is 5.67. The Bertz CT molecular complexity index is 118. The average Bonchev–Trinajstić information content (AvgIpc) is 2.10. The first kappa shape index (κ1) is 11.2. The Morgan fingerprint density at radius 1 is 1.42 bits per heavy atom. The van der Waals surface area contributed by atoms with Gasteiger partial charge in [0.2, 0.25) is 0 Å². The first-order chi connectivity index (χ1) is 5.81. The summed E-state index contributed by atoms with van der Waals surface area (Å²) in [5.41, 5.74) is 0. The largest absolute Gasteiger partial charge is 0.446 e. The van der Waals surface area contributed by atoms with Crippen molar-refractivity contribution in [2.24, 2.45) is 0 Å². The molecule has 1 amide bonds. The van der Waals surface area contributed by atoms with Gasteiger partial charge in [0.15, 0.2) is 0 Å². The number of carbonyl (C=O) groups excluding carboxylic acids is 1. The monoisotopic (exact) mass is 176 g/mol. The lowest BCUT2D eigenvalue weighted by Crippen LogP contribution is -2.26. The number of carbonyl (C=O) groups is 1. The van der Waals surface area contributed by atoms with Crippen LogP contribution in [0.4, 0.5) is 4.79 Å². The summed E-state index contributed by atoms with van der Waals surface area (Å²) in [6.07, 6.45) is -0.551. The van der Waals surface area contributed by atoms with Gasteiger partial charge in [0.05, 0.1) is 19.8 Å². The fraction of sp³-hybridized carbons (Fsp3) is 0.714. The van der Waals surface area contributed by atoms with Gasteiger partial charge < -0.3 is 19.5 Å². The summed E-state index contributed by atoms with van der Waals surface area (Å²) in [6, 6.07) is 0. The first-order valence-electron chi connectivity index (χ1n) is 3.57. The van der Waals surface area contributed by atoms with E-state index in [2.05, 4.69) is 17.2 Å². The standard InChI is InChI=1S/C7H14NO4/c1-10-5-6-12-4-3-8-7(9)11-2/h2-6H2,1H3,(H,8,9). The molecular weight excluding hydrogens is 162 g/mol. The second kappa shape index (κ2) is 8.29. The molecule has 0 aliphatic carbocycles. The Morgan fingerprint density at radius 3 is 2.75 bits per heavy atom. The summed E-state index contributed by atoms with van der Waals surface area (Å²) < 4.78 is 13.9. The zero-order valence-corrected chi connectivity index (χ0v) is 7.17. The highest BCUT2D eigenvalue weighted by Crippen LogP contribution is 1.76. The summed E-state index contributed by atoms with van der Waals surface area (Å²) >= 11 is 0. The van der Waals surface area contributed by atoms with E-state index >= 15 is 0 Å². The molecule has 0 aromatic carbocycles. The van der Waals surface area contributed by atoms with Crippen molar-refractivity contribution in [2.75, 3.05) is 33.5 Å². The van der Waals surface area contributed by atoms with Crippen molar-refractivity contribution in [1.29, 1.82) is 0 Å². The van der Waals surface area contributed by atoms with Gasteiger partial charge in [0.25, 0.3) is 0 Å². The fourth-order valence-electron chi connectivity index (χ4n) is 0.521. The fourth-order valence-corrected chi connectivity index (χ4v) is 0.521. The molecule has 1 radical (unpaired) electrons. The molecule has 0 heterocycles. The van der Waals surface area contributed by atoms with Crippen molar-refractivity contribution >= 4 is 6.09 Å². The van der Waals surface area contributed by atoms with Gasteiger partial charge in [0, 0.05) is 13.7 Å². The molecule has 0 saturated carbocycles. The van der Waals surface area contributed by atoms with Gasteiger partial charge in [-0.1, -0.05) is 0 Å². The zero-order valence-electron chi connectivity index (χ0n) is 7.17. The van der Waals surface area contributed by atoms with Gasteiger partial charge >= 0.3 is 6.09 Å². The maximum atomic E-state index is 10.4. The van der Waals surface area contributed by atoms with E-state index in [1.54, 1.807) is 7.11 Å². The minimum atomic E-state index is -0.551. The van der Waals surface area contributed by atoms with E-state index in [4.69, 9.17) is 9.47 Å². The van der Waals surface area contributed by atoms with E-state index in [0.29, 0.717) is 26.4 Å². The van der Waals surface area contributed by atoms with Crippen LogP contribution in [0.5, 0.6) is 0 Å². The van der Waals surface area contributed by atoms with E-state index in [1.165, 1.54) is 0 Å². The topological polar surface area (TPSA) is 56.8 Å². The minimum Gasteiger partial charge on any atom is -0.446 e. The lowest BCUT2D eigenvalue weighted by molar-refractivity contribution is 0.0716. The van der Waals surface area contributed by atoms with Gasteiger partial charge in [-0.25, -0.2) is 4.79 Å². The minimum absolute atomic E-state index is 0.415. The molecular formula is C7H14NO4. The molecule has 0 saturated heterocycles. The molecule has 0 aromatic heterocycles. The molecule has 0 aliphatic heterocycles. The van der Waals surface area contributed by atoms with Gasteiger partial charge in [-0.15, -0.1) is 0 Å². The van der Waals surface area contributed by atoms with E-state index in [9.17, 15) is 4.79 Å². The smallest absolute Gasteiger partial charge is 0.407 e. The summed E-state index contributed by atoms with van der Waals surface area (Å²) in [4.78, 5) is 10.4. The van der Waals surface area contributed by atoms with Gasteiger partial charge in [-0.2, -0.15) is 0 Å². The highest BCUT2D eigenvalue weighted by atomic mass is 16.5. The van der Waals surface area contributed by atoms with Crippen LogP contribution in [0.15, 0.2) is 0 Å². The third kappa shape index (κ3) is 7.30. The maximum absolute atomic E-state index is 10.4. The Morgan fingerprint density at radius 2 is 2.17 bits per heavy atom. The number of hydrogen-bond acceptors (Lipinski definition) is 4. The number of rotatable bonds is 6. The van der Waals surface area contributed by atoms with Gasteiger partial charge in [-0.3, -0.25) is 0 Å². The third-order valence-corrected chi connectivity index (χ3v) is 1.08. The van der Waals surface area contributed by atoms with Crippen molar-refractivity contribution in [1.82, 2.24) is 5.32 Å². The molecule has 0 bridgehead atoms. The predicted octanol–water partition coefficient (Wildman–Crippen LogP) is 0.167. The third-order valence-electron chi connectivity index (χ3n) is 1.08. The second-order valence-electron chi connectivity index (χ2n) is 1.96. The lowest BCUT2D eigenvalue weighted by Gasteiger charge is -2.04. The Labute approximate surface area is 72.0 Å². The summed E-state index contributed by atoms with van der Waals surface area (Å²) in [5, 5.41) is 2.42. The molecule has 5 heteroatoms. The second-order valence-corrected chi connectivity index (χ2v) is 1.96. The van der Waals surface area contributed by atoms with Crippen LogP contribution in [-0.4, -0.2) is 39.6 Å². The molecule has 0 atom stereocenters. The number of amides is 1. The number of hydrogen-bond donors (Lipinski definition) is 1. The normalized spacial score (nSPS) is 9.50. The van der Waals surface area contributed by atoms with E-state index in [1.807, 2.05) is 0 Å². The van der Waals surface area contributed by atoms with E-state index in [0.717, 1.165) is 0 Å². The summed E-state index contributed by atoms with van der Waals surface area (Å²) in [7, 11) is 4.54. The van der Waals surface area contributed by atoms with Crippen LogP contribution < -0.4 is 5.32 Å². The molecule has 1 N–H and O–H groups in total. The van der Waals surface area contributed by atoms with Crippen LogP contribution in [0.3, 0.4) is 0 Å². The molecule has 0 unspecified atom stereocenters. The molecule has 0 aliphatic rings. The van der Waals surface area contributed by atoms with Crippen molar-refractivity contribution in [2.45, 2.75) is 0 Å². The van der Waals surface area contributed by atoms with Crippen LogP contribution in [0.2, 0.25) is 0 Å². The Hall–Kier alpha value is -0.810. The van der Waals surface area contributed by atoms with Gasteiger partial charge in [-0.05, 0) is 0 Å². The number of alkyl carbamates (subject to hydrolysis) is 1. The summed E-state index contributed by atoms with van der Waals surface area (Å²) in [5.74, 6) is 0. The maximum Gasteiger partial charge on any atom is 0.407 e. The van der Waals surface area contributed by atoms with E-state index < -0.39 is 6.09 Å². The molecule has 0 rings (SSSR count). The van der Waals surface area contributed by atoms with Crippen molar-refractivity contribution < 1.29 is 19.0 Å². The molecule has 71 valence electrons. The molecule has 5 nitrogen and oxygen atoms in total. The molecule has 0 fully saturated rings. The van der Waals surface area contributed by atoms with E-state index in [-0.39, 0.29) is 0 Å².